The highest BCUT2D eigenvalue weighted by atomic mass is 32.2. The summed E-state index contributed by atoms with van der Waals surface area (Å²) in [4.78, 5) is 13.4. The quantitative estimate of drug-likeness (QED) is 0.807. The smallest absolute Gasteiger partial charge is 0.244 e. The van der Waals surface area contributed by atoms with Crippen LogP contribution in [0.4, 0.5) is 0 Å². The molecule has 0 aromatic carbocycles. The van der Waals surface area contributed by atoms with Crippen LogP contribution in [0.3, 0.4) is 0 Å². The largest absolute Gasteiger partial charge is 0.345 e. The summed E-state index contributed by atoms with van der Waals surface area (Å²) in [6.07, 6.45) is 0. The van der Waals surface area contributed by atoms with Gasteiger partial charge < -0.3 is 4.90 Å². The molecule has 0 spiro atoms. The molecule has 0 aliphatic heterocycles. The van der Waals surface area contributed by atoms with Gasteiger partial charge in [0.05, 0.1) is 17.4 Å². The number of sulfonamides is 1. The zero-order chi connectivity index (χ0) is 14.8. The highest BCUT2D eigenvalue weighted by Gasteiger charge is 2.27. The normalized spacial score (nSPS) is 13.3. The number of nitrogens with zero attached hydrogens (tertiary/aromatic N) is 2. The minimum atomic E-state index is -3.76. The summed E-state index contributed by atoms with van der Waals surface area (Å²) >= 11 is 0. The van der Waals surface area contributed by atoms with Crippen LogP contribution in [0.2, 0.25) is 0 Å². The van der Waals surface area contributed by atoms with Crippen molar-refractivity contribution in [1.82, 2.24) is 19.8 Å². The van der Waals surface area contributed by atoms with Crippen molar-refractivity contribution in [1.29, 1.82) is 0 Å². The van der Waals surface area contributed by atoms with E-state index in [2.05, 4.69) is 14.9 Å². The van der Waals surface area contributed by atoms with E-state index in [1.54, 1.807) is 20.9 Å². The SMILES string of the molecule is CCN(C)C(=O)C(C)NS(=O)(=O)c1c(C)n[nH]c1C. The van der Waals surface area contributed by atoms with Crippen LogP contribution in [-0.2, 0) is 14.8 Å². The van der Waals surface area contributed by atoms with Gasteiger partial charge in [0, 0.05) is 13.6 Å². The fourth-order valence-corrected chi connectivity index (χ4v) is 3.33. The van der Waals surface area contributed by atoms with Gasteiger partial charge in [0.1, 0.15) is 4.90 Å². The number of aromatic nitrogens is 2. The van der Waals surface area contributed by atoms with Crippen molar-refractivity contribution in [3.05, 3.63) is 11.4 Å². The molecule has 0 aliphatic carbocycles. The Morgan fingerprint density at radius 1 is 1.47 bits per heavy atom. The van der Waals surface area contributed by atoms with Crippen molar-refractivity contribution >= 4 is 15.9 Å². The minimum absolute atomic E-state index is 0.103. The monoisotopic (exact) mass is 288 g/mol. The fraction of sp³-hybridized carbons (Fsp3) is 0.636. The van der Waals surface area contributed by atoms with Crippen LogP contribution in [0.15, 0.2) is 4.90 Å². The van der Waals surface area contributed by atoms with E-state index in [4.69, 9.17) is 0 Å². The van der Waals surface area contributed by atoms with Gasteiger partial charge in [0.2, 0.25) is 15.9 Å². The lowest BCUT2D eigenvalue weighted by molar-refractivity contribution is -0.131. The number of carbonyl (C=O) groups is 1. The first-order valence-corrected chi connectivity index (χ1v) is 7.47. The van der Waals surface area contributed by atoms with Gasteiger partial charge in [0.25, 0.3) is 0 Å². The number of likely N-dealkylation sites (N-methyl/N-ethyl adjacent to an activating group) is 1. The van der Waals surface area contributed by atoms with Gasteiger partial charge in [-0.05, 0) is 27.7 Å². The van der Waals surface area contributed by atoms with E-state index >= 15 is 0 Å². The number of aryl methyl sites for hydroxylation is 2. The fourth-order valence-electron chi connectivity index (χ4n) is 1.77. The Bertz CT molecular complexity index is 545. The maximum atomic E-state index is 12.2. The highest BCUT2D eigenvalue weighted by Crippen LogP contribution is 2.16. The molecule has 1 heterocycles. The summed E-state index contributed by atoms with van der Waals surface area (Å²) in [6.45, 7) is 7.09. The first-order chi connectivity index (χ1) is 8.70. The minimum Gasteiger partial charge on any atom is -0.345 e. The van der Waals surface area contributed by atoms with Crippen molar-refractivity contribution in [3.63, 3.8) is 0 Å². The van der Waals surface area contributed by atoms with E-state index < -0.39 is 16.1 Å². The lowest BCUT2D eigenvalue weighted by Crippen LogP contribution is -2.45. The standard InChI is InChI=1S/C11H20N4O3S/c1-6-15(5)11(16)9(4)14-19(17,18)10-7(2)12-13-8(10)3/h9,14H,6H2,1-5H3,(H,12,13). The van der Waals surface area contributed by atoms with E-state index in [1.807, 2.05) is 6.92 Å². The summed E-state index contributed by atoms with van der Waals surface area (Å²) in [5, 5.41) is 6.46. The molecule has 7 nitrogen and oxygen atoms in total. The van der Waals surface area contributed by atoms with E-state index in [-0.39, 0.29) is 10.8 Å². The molecule has 0 saturated carbocycles. The van der Waals surface area contributed by atoms with Gasteiger partial charge in [-0.3, -0.25) is 9.89 Å². The lowest BCUT2D eigenvalue weighted by Gasteiger charge is -2.20. The molecule has 1 aromatic rings. The second kappa shape index (κ2) is 5.70. The Labute approximate surface area is 113 Å². The van der Waals surface area contributed by atoms with Gasteiger partial charge in [-0.15, -0.1) is 0 Å². The zero-order valence-corrected chi connectivity index (χ0v) is 12.6. The highest BCUT2D eigenvalue weighted by molar-refractivity contribution is 7.89. The van der Waals surface area contributed by atoms with E-state index in [0.29, 0.717) is 17.9 Å². The molecule has 1 unspecified atom stereocenters. The predicted molar refractivity (Wildman–Crippen MR) is 71.2 cm³/mol. The number of nitrogens with one attached hydrogen (secondary N) is 2. The second-order valence-electron chi connectivity index (χ2n) is 4.46. The third kappa shape index (κ3) is 3.32. The maximum Gasteiger partial charge on any atom is 0.244 e. The number of hydrogen-bond acceptors (Lipinski definition) is 4. The molecule has 19 heavy (non-hydrogen) atoms. The average molecular weight is 288 g/mol. The van der Waals surface area contributed by atoms with Crippen molar-refractivity contribution in [2.24, 2.45) is 0 Å². The van der Waals surface area contributed by atoms with Crippen LogP contribution >= 0.6 is 0 Å². The van der Waals surface area contributed by atoms with E-state index in [1.165, 1.54) is 11.8 Å². The van der Waals surface area contributed by atoms with Crippen LogP contribution in [0.1, 0.15) is 25.2 Å². The van der Waals surface area contributed by atoms with Crippen LogP contribution in [0.5, 0.6) is 0 Å². The van der Waals surface area contributed by atoms with Crippen LogP contribution in [0, 0.1) is 13.8 Å². The lowest BCUT2D eigenvalue weighted by atomic mass is 10.3. The van der Waals surface area contributed by atoms with Crippen molar-refractivity contribution in [2.75, 3.05) is 13.6 Å². The zero-order valence-electron chi connectivity index (χ0n) is 11.8. The van der Waals surface area contributed by atoms with Crippen molar-refractivity contribution in [2.45, 2.75) is 38.6 Å². The van der Waals surface area contributed by atoms with Gasteiger partial charge in [-0.1, -0.05) is 0 Å². The molecule has 0 aliphatic rings. The Morgan fingerprint density at radius 2 is 2.05 bits per heavy atom. The number of amides is 1. The number of rotatable bonds is 5. The van der Waals surface area contributed by atoms with Crippen LogP contribution in [0.25, 0.3) is 0 Å². The summed E-state index contributed by atoms with van der Waals surface area (Å²) < 4.78 is 26.8. The number of aromatic amines is 1. The molecule has 1 aromatic heterocycles. The number of carbonyl (C=O) groups excluding carboxylic acids is 1. The van der Waals surface area contributed by atoms with E-state index in [9.17, 15) is 13.2 Å². The number of H-pyrrole nitrogens is 1. The molecule has 2 N–H and O–H groups in total. The van der Waals surface area contributed by atoms with Gasteiger partial charge in [-0.25, -0.2) is 8.42 Å². The topological polar surface area (TPSA) is 95.2 Å². The summed E-state index contributed by atoms with van der Waals surface area (Å²) in [7, 11) is -2.13. The molecule has 1 amide bonds. The molecule has 0 fully saturated rings. The first-order valence-electron chi connectivity index (χ1n) is 5.99. The third-order valence-corrected chi connectivity index (χ3v) is 4.69. The Morgan fingerprint density at radius 3 is 2.47 bits per heavy atom. The Hall–Kier alpha value is -1.41. The molecular formula is C11H20N4O3S. The Kier molecular flexibility index (Phi) is 4.70. The molecular weight excluding hydrogens is 268 g/mol. The second-order valence-corrected chi connectivity index (χ2v) is 6.11. The molecule has 0 radical (unpaired) electrons. The molecule has 0 saturated heterocycles. The molecule has 1 rings (SSSR count). The number of hydrogen-bond donors (Lipinski definition) is 2. The van der Waals surface area contributed by atoms with Crippen molar-refractivity contribution in [3.8, 4) is 0 Å². The predicted octanol–water partition coefficient (Wildman–Crippen LogP) is 0.172. The first kappa shape index (κ1) is 15.6. The third-order valence-electron chi connectivity index (χ3n) is 2.88. The van der Waals surface area contributed by atoms with Gasteiger partial charge >= 0.3 is 0 Å². The maximum absolute atomic E-state index is 12.2. The van der Waals surface area contributed by atoms with Crippen LogP contribution in [-0.4, -0.2) is 49.1 Å². The summed E-state index contributed by atoms with van der Waals surface area (Å²) in [5.74, 6) is -0.273. The molecule has 0 bridgehead atoms. The van der Waals surface area contributed by atoms with Gasteiger partial charge in [-0.2, -0.15) is 9.82 Å². The average Bonchev–Trinajstić information content (AvgIpc) is 2.66. The molecule has 8 heteroatoms. The molecule has 108 valence electrons. The van der Waals surface area contributed by atoms with Crippen molar-refractivity contribution < 1.29 is 13.2 Å². The summed E-state index contributed by atoms with van der Waals surface area (Å²) in [6, 6.07) is -0.816. The Balaban J connectivity index is 2.96. The summed E-state index contributed by atoms with van der Waals surface area (Å²) in [5.41, 5.74) is 0.835. The van der Waals surface area contributed by atoms with Gasteiger partial charge in [0.15, 0.2) is 0 Å². The molecule has 1 atom stereocenters. The van der Waals surface area contributed by atoms with Crippen LogP contribution < -0.4 is 4.72 Å². The van der Waals surface area contributed by atoms with E-state index in [0.717, 1.165) is 0 Å².